The Labute approximate surface area is 119 Å². The summed E-state index contributed by atoms with van der Waals surface area (Å²) in [7, 11) is 0. The maximum Gasteiger partial charge on any atom is 0.332 e. The van der Waals surface area contributed by atoms with Crippen LogP contribution in [0, 0.1) is 0 Å². The van der Waals surface area contributed by atoms with Gasteiger partial charge in [0.15, 0.2) is 0 Å². The zero-order valence-electron chi connectivity index (χ0n) is 12.2. The molecule has 0 amide bonds. The molecule has 5 nitrogen and oxygen atoms in total. The minimum atomic E-state index is -0.271. The van der Waals surface area contributed by atoms with Gasteiger partial charge in [-0.05, 0) is 25.5 Å². The Balaban J connectivity index is 0.000000741. The largest absolute Gasteiger partial charge is 0.385 e. The Morgan fingerprint density at radius 2 is 1.84 bits per heavy atom. The fourth-order valence-corrected chi connectivity index (χ4v) is 1.73. The fraction of sp³-hybridized carbons (Fsp3) is 0.692. The molecule has 1 aliphatic carbocycles. The Kier molecular flexibility index (Phi) is 8.30. The molecule has 1 saturated carbocycles. The van der Waals surface area contributed by atoms with Crippen molar-refractivity contribution in [1.29, 1.82) is 0 Å². The number of rotatable bonds is 3. The molecule has 1 heterocycles. The lowest BCUT2D eigenvalue weighted by Gasteiger charge is -2.10. The van der Waals surface area contributed by atoms with E-state index in [9.17, 15) is 9.59 Å². The number of hydrogen-bond donors (Lipinski definition) is 2. The van der Waals surface area contributed by atoms with Crippen molar-refractivity contribution in [2.75, 3.05) is 12.0 Å². The lowest BCUT2D eigenvalue weighted by atomic mass is 10.4. The second kappa shape index (κ2) is 8.85. The lowest BCUT2D eigenvalue weighted by Crippen LogP contribution is -2.40. The van der Waals surface area contributed by atoms with Crippen molar-refractivity contribution in [2.24, 2.45) is 0 Å². The van der Waals surface area contributed by atoms with Crippen molar-refractivity contribution in [3.05, 3.63) is 26.9 Å². The van der Waals surface area contributed by atoms with E-state index in [2.05, 4.69) is 12.6 Å². The third-order valence-electron chi connectivity index (χ3n) is 2.62. The van der Waals surface area contributed by atoms with Gasteiger partial charge in [-0.2, -0.15) is 12.6 Å². The van der Waals surface area contributed by atoms with Crippen LogP contribution in [0.4, 0.5) is 5.82 Å². The molecular formula is C13H25N3O2S. The fourth-order valence-electron chi connectivity index (χ4n) is 1.73. The van der Waals surface area contributed by atoms with E-state index in [0.29, 0.717) is 6.54 Å². The van der Waals surface area contributed by atoms with E-state index in [0.717, 1.165) is 19.3 Å². The minimum absolute atomic E-state index is 0.105. The maximum atomic E-state index is 11.9. The van der Waals surface area contributed by atoms with Crippen LogP contribution in [0.3, 0.4) is 0 Å². The molecule has 2 rings (SSSR count). The standard InChI is InChI=1S/C10H15N3O2.C2H6.CH4S/c1-2-5-12-8(11)6-9(14)13(10(12)15)7-3-4-7;2*1-2/h6-7H,2-5,11H2,1H3;1-2H3;2H,1H3. The molecule has 0 spiro atoms. The summed E-state index contributed by atoms with van der Waals surface area (Å²) in [5.74, 6) is 0.267. The smallest absolute Gasteiger partial charge is 0.332 e. The van der Waals surface area contributed by atoms with Crippen molar-refractivity contribution in [2.45, 2.75) is 52.6 Å². The molecule has 6 heteroatoms. The Hall–Kier alpha value is -1.17. The monoisotopic (exact) mass is 287 g/mol. The van der Waals surface area contributed by atoms with E-state index in [1.165, 1.54) is 15.2 Å². The number of thiol groups is 1. The summed E-state index contributed by atoms with van der Waals surface area (Å²) >= 11 is 3.53. The number of aromatic nitrogens is 2. The molecule has 0 aromatic carbocycles. The predicted octanol–water partition coefficient (Wildman–Crippen LogP) is 1.91. The maximum absolute atomic E-state index is 11.9. The van der Waals surface area contributed by atoms with Gasteiger partial charge >= 0.3 is 5.69 Å². The van der Waals surface area contributed by atoms with Crippen LogP contribution in [-0.4, -0.2) is 15.4 Å². The first-order valence-electron chi connectivity index (χ1n) is 6.71. The zero-order chi connectivity index (χ0) is 15.0. The average Bonchev–Trinajstić information content (AvgIpc) is 3.24. The molecule has 0 radical (unpaired) electrons. The van der Waals surface area contributed by atoms with E-state index in [4.69, 9.17) is 5.73 Å². The number of nitrogens with zero attached hydrogens (tertiary/aromatic N) is 2. The molecule has 19 heavy (non-hydrogen) atoms. The van der Waals surface area contributed by atoms with Gasteiger partial charge in [-0.3, -0.25) is 13.9 Å². The SMILES string of the molecule is CC.CCCn1c(N)cc(=O)n(C2CC2)c1=O.CS. The molecular weight excluding hydrogens is 262 g/mol. The Morgan fingerprint density at radius 1 is 1.32 bits per heavy atom. The molecule has 1 aromatic rings. The highest BCUT2D eigenvalue weighted by Crippen LogP contribution is 2.32. The molecule has 0 unspecified atom stereocenters. The Bertz CT molecular complexity index is 490. The van der Waals surface area contributed by atoms with Crippen LogP contribution in [-0.2, 0) is 6.54 Å². The normalized spacial score (nSPS) is 12.9. The summed E-state index contributed by atoms with van der Waals surface area (Å²) in [6.07, 6.45) is 4.36. The molecule has 0 saturated heterocycles. The first-order chi connectivity index (χ1) is 9.15. The van der Waals surface area contributed by atoms with Crippen LogP contribution in [0.15, 0.2) is 15.7 Å². The summed E-state index contributed by atoms with van der Waals surface area (Å²) < 4.78 is 2.80. The van der Waals surface area contributed by atoms with Crippen LogP contribution in [0.2, 0.25) is 0 Å². The number of nitrogen functional groups attached to an aromatic ring is 1. The van der Waals surface area contributed by atoms with Gasteiger partial charge in [-0.25, -0.2) is 4.79 Å². The molecule has 1 aliphatic rings. The van der Waals surface area contributed by atoms with Gasteiger partial charge < -0.3 is 5.73 Å². The van der Waals surface area contributed by atoms with E-state index in [1.807, 2.05) is 20.8 Å². The van der Waals surface area contributed by atoms with Crippen molar-refractivity contribution < 1.29 is 0 Å². The summed E-state index contributed by atoms with van der Waals surface area (Å²) in [6, 6.07) is 1.45. The van der Waals surface area contributed by atoms with Gasteiger partial charge in [0, 0.05) is 18.7 Å². The van der Waals surface area contributed by atoms with Crippen LogP contribution >= 0.6 is 12.6 Å². The lowest BCUT2D eigenvalue weighted by molar-refractivity contribution is 0.561. The highest BCUT2D eigenvalue weighted by atomic mass is 32.1. The minimum Gasteiger partial charge on any atom is -0.385 e. The van der Waals surface area contributed by atoms with Crippen LogP contribution < -0.4 is 17.0 Å². The number of nitrogens with two attached hydrogens (primary N) is 1. The zero-order valence-corrected chi connectivity index (χ0v) is 13.1. The topological polar surface area (TPSA) is 70.0 Å². The number of hydrogen-bond acceptors (Lipinski definition) is 4. The highest BCUT2D eigenvalue weighted by Gasteiger charge is 2.27. The van der Waals surface area contributed by atoms with Gasteiger partial charge in [0.25, 0.3) is 5.56 Å². The molecule has 0 aliphatic heterocycles. The highest BCUT2D eigenvalue weighted by molar-refractivity contribution is 7.79. The number of anilines is 1. The predicted molar refractivity (Wildman–Crippen MR) is 84.2 cm³/mol. The van der Waals surface area contributed by atoms with Crippen molar-refractivity contribution in [3.8, 4) is 0 Å². The summed E-state index contributed by atoms with van der Waals surface area (Å²) in [5, 5.41) is 0. The molecule has 110 valence electrons. The van der Waals surface area contributed by atoms with Gasteiger partial charge in [-0.15, -0.1) is 0 Å². The summed E-state index contributed by atoms with van der Waals surface area (Å²) in [4.78, 5) is 23.5. The first-order valence-corrected chi connectivity index (χ1v) is 7.61. The quantitative estimate of drug-likeness (QED) is 0.834. The van der Waals surface area contributed by atoms with E-state index in [1.54, 1.807) is 6.26 Å². The van der Waals surface area contributed by atoms with Gasteiger partial charge in [0.2, 0.25) is 0 Å². The van der Waals surface area contributed by atoms with Gasteiger partial charge in [0.05, 0.1) is 0 Å². The second-order valence-corrected chi connectivity index (χ2v) is 3.94. The molecule has 2 N–H and O–H groups in total. The van der Waals surface area contributed by atoms with E-state index in [-0.39, 0.29) is 23.1 Å². The average molecular weight is 287 g/mol. The first kappa shape index (κ1) is 17.8. The molecule has 1 fully saturated rings. The molecule has 0 bridgehead atoms. The van der Waals surface area contributed by atoms with Crippen LogP contribution in [0.1, 0.15) is 46.1 Å². The van der Waals surface area contributed by atoms with E-state index < -0.39 is 0 Å². The van der Waals surface area contributed by atoms with Crippen molar-refractivity contribution in [1.82, 2.24) is 9.13 Å². The van der Waals surface area contributed by atoms with Crippen LogP contribution in [0.25, 0.3) is 0 Å². The van der Waals surface area contributed by atoms with Crippen molar-refractivity contribution >= 4 is 18.4 Å². The summed E-state index contributed by atoms with van der Waals surface area (Å²) in [6.45, 7) is 6.54. The van der Waals surface area contributed by atoms with E-state index >= 15 is 0 Å². The Morgan fingerprint density at radius 3 is 2.26 bits per heavy atom. The third-order valence-corrected chi connectivity index (χ3v) is 2.62. The third kappa shape index (κ3) is 4.45. The molecule has 0 atom stereocenters. The second-order valence-electron chi connectivity index (χ2n) is 3.94. The molecule has 1 aromatic heterocycles. The van der Waals surface area contributed by atoms with Crippen LogP contribution in [0.5, 0.6) is 0 Å². The van der Waals surface area contributed by atoms with Gasteiger partial charge in [0.1, 0.15) is 5.82 Å². The summed E-state index contributed by atoms with van der Waals surface area (Å²) in [5.41, 5.74) is 5.12. The van der Waals surface area contributed by atoms with Gasteiger partial charge in [-0.1, -0.05) is 20.8 Å². The van der Waals surface area contributed by atoms with Crippen molar-refractivity contribution in [3.63, 3.8) is 0 Å².